The molecule has 1 N–H and O–H groups in total. The Hall–Kier alpha value is -1.98. The predicted molar refractivity (Wildman–Crippen MR) is 96.4 cm³/mol. The van der Waals surface area contributed by atoms with Crippen LogP contribution in [0.5, 0.6) is 0 Å². The van der Waals surface area contributed by atoms with Crippen molar-refractivity contribution in [3.05, 3.63) is 56.3 Å². The number of ether oxygens (including phenoxy) is 2. The zero-order valence-corrected chi connectivity index (χ0v) is 15.9. The standard InChI is InChI=1S/C18H19Cl2NO4/c1-5-25-18(23)15-10(3)21-9(2)14(17(22)24-4)16(15)11-6-7-12(19)13(20)8-11/h6-8,16,21H,5H2,1-4H3/t16-/m1/s1. The van der Waals surface area contributed by atoms with Gasteiger partial charge in [0, 0.05) is 11.4 Å². The highest BCUT2D eigenvalue weighted by molar-refractivity contribution is 6.42. The lowest BCUT2D eigenvalue weighted by Crippen LogP contribution is -2.32. The molecular formula is C18H19Cl2NO4. The second-order valence-electron chi connectivity index (χ2n) is 5.52. The van der Waals surface area contributed by atoms with E-state index in [-0.39, 0.29) is 6.61 Å². The van der Waals surface area contributed by atoms with Crippen LogP contribution in [0.4, 0.5) is 0 Å². The minimum absolute atomic E-state index is 0.222. The van der Waals surface area contributed by atoms with E-state index in [0.29, 0.717) is 38.1 Å². The fourth-order valence-corrected chi connectivity index (χ4v) is 3.19. The molecule has 1 aromatic rings. The molecule has 0 amide bonds. The van der Waals surface area contributed by atoms with Gasteiger partial charge in [0.25, 0.3) is 0 Å². The molecular weight excluding hydrogens is 365 g/mol. The molecule has 0 saturated heterocycles. The fourth-order valence-electron chi connectivity index (χ4n) is 2.88. The maximum atomic E-state index is 12.6. The zero-order valence-electron chi connectivity index (χ0n) is 14.4. The van der Waals surface area contributed by atoms with Crippen molar-refractivity contribution in [2.24, 2.45) is 0 Å². The number of halogens is 2. The summed E-state index contributed by atoms with van der Waals surface area (Å²) in [5.74, 6) is -1.70. The van der Waals surface area contributed by atoms with Gasteiger partial charge in [0.15, 0.2) is 0 Å². The molecule has 0 bridgehead atoms. The molecule has 1 heterocycles. The molecule has 0 aliphatic carbocycles. The third-order valence-corrected chi connectivity index (χ3v) is 4.68. The van der Waals surface area contributed by atoms with Crippen LogP contribution in [0.3, 0.4) is 0 Å². The molecule has 1 aliphatic heterocycles. The molecule has 7 heteroatoms. The largest absolute Gasteiger partial charge is 0.466 e. The number of dihydropyridines is 1. The number of benzene rings is 1. The van der Waals surface area contributed by atoms with Crippen molar-refractivity contribution in [2.45, 2.75) is 26.7 Å². The molecule has 0 fully saturated rings. The van der Waals surface area contributed by atoms with E-state index in [0.717, 1.165) is 0 Å². The van der Waals surface area contributed by atoms with E-state index in [1.54, 1.807) is 39.0 Å². The van der Waals surface area contributed by atoms with Crippen LogP contribution in [0.2, 0.25) is 10.0 Å². The summed E-state index contributed by atoms with van der Waals surface area (Å²) in [6.45, 7) is 5.46. The summed E-state index contributed by atoms with van der Waals surface area (Å²) < 4.78 is 10.1. The van der Waals surface area contributed by atoms with Crippen LogP contribution in [0.25, 0.3) is 0 Å². The van der Waals surface area contributed by atoms with Gasteiger partial charge in [0.2, 0.25) is 0 Å². The van der Waals surface area contributed by atoms with Gasteiger partial charge in [-0.1, -0.05) is 29.3 Å². The van der Waals surface area contributed by atoms with E-state index >= 15 is 0 Å². The van der Waals surface area contributed by atoms with Crippen LogP contribution in [0, 0.1) is 0 Å². The minimum atomic E-state index is -0.664. The summed E-state index contributed by atoms with van der Waals surface area (Å²) in [7, 11) is 1.30. The van der Waals surface area contributed by atoms with E-state index in [4.69, 9.17) is 32.7 Å². The Labute approximate surface area is 156 Å². The Bertz CT molecular complexity index is 783. The van der Waals surface area contributed by atoms with E-state index in [9.17, 15) is 9.59 Å². The lowest BCUT2D eigenvalue weighted by atomic mass is 9.80. The first-order valence-electron chi connectivity index (χ1n) is 7.70. The van der Waals surface area contributed by atoms with Crippen molar-refractivity contribution in [1.29, 1.82) is 0 Å². The van der Waals surface area contributed by atoms with Crippen molar-refractivity contribution >= 4 is 35.1 Å². The minimum Gasteiger partial charge on any atom is -0.466 e. The molecule has 25 heavy (non-hydrogen) atoms. The van der Waals surface area contributed by atoms with Crippen LogP contribution < -0.4 is 5.32 Å². The highest BCUT2D eigenvalue weighted by Crippen LogP contribution is 2.40. The number of hydrogen-bond donors (Lipinski definition) is 1. The van der Waals surface area contributed by atoms with Crippen LogP contribution in [0.15, 0.2) is 40.7 Å². The summed E-state index contributed by atoms with van der Waals surface area (Å²) in [6, 6.07) is 5.00. The van der Waals surface area contributed by atoms with E-state index < -0.39 is 17.9 Å². The smallest absolute Gasteiger partial charge is 0.336 e. The van der Waals surface area contributed by atoms with Crippen LogP contribution >= 0.6 is 23.2 Å². The molecule has 0 aromatic heterocycles. The molecule has 5 nitrogen and oxygen atoms in total. The molecule has 0 saturated carbocycles. The average molecular weight is 384 g/mol. The van der Waals surface area contributed by atoms with Gasteiger partial charge >= 0.3 is 11.9 Å². The Morgan fingerprint density at radius 3 is 2.20 bits per heavy atom. The van der Waals surface area contributed by atoms with Gasteiger partial charge in [-0.15, -0.1) is 0 Å². The Morgan fingerprint density at radius 2 is 1.68 bits per heavy atom. The lowest BCUT2D eigenvalue weighted by Gasteiger charge is -2.30. The normalized spacial score (nSPS) is 17.3. The Morgan fingerprint density at radius 1 is 1.08 bits per heavy atom. The van der Waals surface area contributed by atoms with Crippen molar-refractivity contribution in [3.63, 3.8) is 0 Å². The first-order valence-corrected chi connectivity index (χ1v) is 8.46. The quantitative estimate of drug-likeness (QED) is 0.796. The maximum Gasteiger partial charge on any atom is 0.336 e. The van der Waals surface area contributed by atoms with Crippen molar-refractivity contribution < 1.29 is 19.1 Å². The maximum absolute atomic E-state index is 12.6. The monoisotopic (exact) mass is 383 g/mol. The number of nitrogens with one attached hydrogen (secondary N) is 1. The first-order chi connectivity index (χ1) is 11.8. The highest BCUT2D eigenvalue weighted by atomic mass is 35.5. The number of rotatable bonds is 4. The lowest BCUT2D eigenvalue weighted by molar-refractivity contribution is -0.139. The summed E-state index contributed by atoms with van der Waals surface area (Å²) in [4.78, 5) is 24.9. The van der Waals surface area contributed by atoms with E-state index in [1.165, 1.54) is 7.11 Å². The number of methoxy groups -OCH3 is 1. The first kappa shape index (κ1) is 19.3. The van der Waals surface area contributed by atoms with Crippen molar-refractivity contribution in [2.75, 3.05) is 13.7 Å². The molecule has 0 radical (unpaired) electrons. The van der Waals surface area contributed by atoms with Crippen molar-refractivity contribution in [3.8, 4) is 0 Å². The molecule has 0 unspecified atom stereocenters. The van der Waals surface area contributed by atoms with Gasteiger partial charge in [-0.25, -0.2) is 9.59 Å². The van der Waals surface area contributed by atoms with Crippen LogP contribution in [-0.4, -0.2) is 25.7 Å². The number of carbonyl (C=O) groups excluding carboxylic acids is 2. The predicted octanol–water partition coefficient (Wildman–Crippen LogP) is 3.96. The number of hydrogen-bond acceptors (Lipinski definition) is 5. The third kappa shape index (κ3) is 3.83. The molecule has 2 rings (SSSR count). The fraction of sp³-hybridized carbons (Fsp3) is 0.333. The third-order valence-electron chi connectivity index (χ3n) is 3.94. The van der Waals surface area contributed by atoms with Crippen LogP contribution in [0.1, 0.15) is 32.3 Å². The van der Waals surface area contributed by atoms with Gasteiger partial charge in [-0.3, -0.25) is 0 Å². The molecule has 1 aliphatic rings. The number of allylic oxidation sites excluding steroid dienone is 2. The number of esters is 2. The van der Waals surface area contributed by atoms with Gasteiger partial charge in [0.05, 0.1) is 40.8 Å². The molecule has 134 valence electrons. The zero-order chi connectivity index (χ0) is 18.7. The summed E-state index contributed by atoms with van der Waals surface area (Å²) in [5, 5.41) is 3.78. The van der Waals surface area contributed by atoms with Gasteiger partial charge in [-0.05, 0) is 38.5 Å². The second kappa shape index (κ2) is 7.93. The van der Waals surface area contributed by atoms with Gasteiger partial charge in [0.1, 0.15) is 0 Å². The molecule has 1 atom stereocenters. The van der Waals surface area contributed by atoms with Gasteiger partial charge in [-0.2, -0.15) is 0 Å². The summed E-state index contributed by atoms with van der Waals surface area (Å²) in [5.41, 5.74) is 2.53. The van der Waals surface area contributed by atoms with E-state index in [1.807, 2.05) is 0 Å². The van der Waals surface area contributed by atoms with Gasteiger partial charge < -0.3 is 14.8 Å². The Balaban J connectivity index is 2.68. The molecule has 0 spiro atoms. The summed E-state index contributed by atoms with van der Waals surface area (Å²) >= 11 is 12.1. The highest BCUT2D eigenvalue weighted by Gasteiger charge is 2.37. The Kier molecular flexibility index (Phi) is 6.14. The molecule has 1 aromatic carbocycles. The topological polar surface area (TPSA) is 64.6 Å². The van der Waals surface area contributed by atoms with Crippen molar-refractivity contribution in [1.82, 2.24) is 5.32 Å². The summed E-state index contributed by atoms with van der Waals surface area (Å²) in [6.07, 6.45) is 0. The average Bonchev–Trinajstić information content (AvgIpc) is 2.56. The number of carbonyl (C=O) groups is 2. The second-order valence-corrected chi connectivity index (χ2v) is 6.34. The van der Waals surface area contributed by atoms with Crippen LogP contribution in [-0.2, 0) is 19.1 Å². The SMILES string of the molecule is CCOC(=O)C1=C(C)NC(C)=C(C(=O)OC)[C@H]1c1ccc(Cl)c(Cl)c1. The van der Waals surface area contributed by atoms with E-state index in [2.05, 4.69) is 5.32 Å².